The maximum atomic E-state index is 12.1. The van der Waals surface area contributed by atoms with Gasteiger partial charge in [0.15, 0.2) is 6.04 Å². The number of benzene rings is 2. The van der Waals surface area contributed by atoms with Crippen LogP contribution in [0.15, 0.2) is 42.5 Å². The zero-order chi connectivity index (χ0) is 15.4. The number of halogens is 1. The van der Waals surface area contributed by atoms with Gasteiger partial charge in [0, 0.05) is 10.7 Å². The van der Waals surface area contributed by atoms with Gasteiger partial charge in [-0.1, -0.05) is 35.9 Å². The van der Waals surface area contributed by atoms with Gasteiger partial charge in [-0.3, -0.25) is 0 Å². The second-order valence-corrected chi connectivity index (χ2v) is 5.35. The minimum Gasteiger partial charge on any atom is -0.467 e. The molecule has 0 radical (unpaired) electrons. The van der Waals surface area contributed by atoms with Crippen molar-refractivity contribution in [2.45, 2.75) is 19.9 Å². The fourth-order valence-corrected chi connectivity index (χ4v) is 2.46. The summed E-state index contributed by atoms with van der Waals surface area (Å²) in [6, 6.07) is 12.7. The first-order valence-corrected chi connectivity index (χ1v) is 7.06. The maximum absolute atomic E-state index is 12.1. The summed E-state index contributed by atoms with van der Waals surface area (Å²) in [5.41, 5.74) is 3.77. The molecule has 0 aliphatic rings. The maximum Gasteiger partial charge on any atom is 0.332 e. The smallest absolute Gasteiger partial charge is 0.332 e. The lowest BCUT2D eigenvalue weighted by Gasteiger charge is -2.21. The third kappa shape index (κ3) is 3.56. The lowest BCUT2D eigenvalue weighted by atomic mass is 10.0. The van der Waals surface area contributed by atoms with E-state index in [0.29, 0.717) is 5.02 Å². The summed E-state index contributed by atoms with van der Waals surface area (Å²) in [5, 5.41) is 3.91. The van der Waals surface area contributed by atoms with Gasteiger partial charge in [-0.05, 0) is 48.7 Å². The molecule has 0 fully saturated rings. The summed E-state index contributed by atoms with van der Waals surface area (Å²) in [5.74, 6) is -0.330. The third-order valence-corrected chi connectivity index (χ3v) is 3.66. The van der Waals surface area contributed by atoms with Gasteiger partial charge < -0.3 is 10.1 Å². The number of carbonyl (C=O) groups is 1. The Morgan fingerprint density at radius 1 is 1.14 bits per heavy atom. The quantitative estimate of drug-likeness (QED) is 0.857. The molecular formula is C17H18ClNO2. The lowest BCUT2D eigenvalue weighted by molar-refractivity contribution is -0.141. The van der Waals surface area contributed by atoms with Crippen LogP contribution in [0.4, 0.5) is 5.69 Å². The van der Waals surface area contributed by atoms with Crippen LogP contribution in [0.2, 0.25) is 5.02 Å². The Bertz CT molecular complexity index is 655. The van der Waals surface area contributed by atoms with E-state index in [2.05, 4.69) is 5.32 Å². The molecule has 0 heterocycles. The van der Waals surface area contributed by atoms with Gasteiger partial charge in [-0.25, -0.2) is 4.79 Å². The molecule has 0 aliphatic heterocycles. The summed E-state index contributed by atoms with van der Waals surface area (Å²) in [6.45, 7) is 3.92. The van der Waals surface area contributed by atoms with Crippen molar-refractivity contribution in [1.82, 2.24) is 0 Å². The highest BCUT2D eigenvalue weighted by Gasteiger charge is 2.23. The summed E-state index contributed by atoms with van der Waals surface area (Å²) < 4.78 is 4.93. The molecule has 0 bridgehead atoms. The van der Waals surface area contributed by atoms with E-state index < -0.39 is 6.04 Å². The van der Waals surface area contributed by atoms with Crippen molar-refractivity contribution in [2.75, 3.05) is 12.4 Å². The van der Waals surface area contributed by atoms with Crippen molar-refractivity contribution < 1.29 is 9.53 Å². The normalized spacial score (nSPS) is 11.8. The van der Waals surface area contributed by atoms with E-state index in [1.165, 1.54) is 7.11 Å². The Morgan fingerprint density at radius 2 is 1.86 bits per heavy atom. The molecule has 4 heteroatoms. The number of para-hydroxylation sites is 1. The van der Waals surface area contributed by atoms with E-state index in [0.717, 1.165) is 22.4 Å². The largest absolute Gasteiger partial charge is 0.467 e. The zero-order valence-corrected chi connectivity index (χ0v) is 13.1. The molecule has 3 nitrogen and oxygen atoms in total. The molecule has 0 aliphatic carbocycles. The monoisotopic (exact) mass is 303 g/mol. The fraction of sp³-hybridized carbons (Fsp3) is 0.235. The molecule has 0 saturated carbocycles. The van der Waals surface area contributed by atoms with E-state index in [-0.39, 0.29) is 5.97 Å². The number of carbonyl (C=O) groups excluding carboxylic acids is 1. The molecule has 2 rings (SSSR count). The number of ether oxygens (including phenoxy) is 1. The summed E-state index contributed by atoms with van der Waals surface area (Å²) in [7, 11) is 1.39. The summed E-state index contributed by atoms with van der Waals surface area (Å²) >= 11 is 5.98. The van der Waals surface area contributed by atoms with Gasteiger partial charge >= 0.3 is 5.97 Å². The average Bonchev–Trinajstić information content (AvgIpc) is 2.46. The van der Waals surface area contributed by atoms with Crippen LogP contribution in [0, 0.1) is 13.8 Å². The number of rotatable bonds is 4. The SMILES string of the molecule is COC(=O)C(Nc1ccccc1C)c1ccc(Cl)cc1C. The number of aryl methyl sites for hydroxylation is 2. The molecule has 2 aromatic carbocycles. The predicted molar refractivity (Wildman–Crippen MR) is 85.7 cm³/mol. The van der Waals surface area contributed by atoms with Crippen molar-refractivity contribution in [3.05, 3.63) is 64.2 Å². The molecule has 1 unspecified atom stereocenters. The Labute approximate surface area is 129 Å². The number of hydrogen-bond acceptors (Lipinski definition) is 3. The van der Waals surface area contributed by atoms with Crippen molar-refractivity contribution in [3.8, 4) is 0 Å². The number of anilines is 1. The average molecular weight is 304 g/mol. The molecule has 21 heavy (non-hydrogen) atoms. The van der Waals surface area contributed by atoms with Gasteiger partial charge in [0.25, 0.3) is 0 Å². The van der Waals surface area contributed by atoms with E-state index in [9.17, 15) is 4.79 Å². The van der Waals surface area contributed by atoms with Crippen LogP contribution in [-0.4, -0.2) is 13.1 Å². The first-order valence-electron chi connectivity index (χ1n) is 6.69. The van der Waals surface area contributed by atoms with E-state index in [4.69, 9.17) is 16.3 Å². The van der Waals surface area contributed by atoms with Crippen molar-refractivity contribution in [2.24, 2.45) is 0 Å². The molecule has 0 aromatic heterocycles. The summed E-state index contributed by atoms with van der Waals surface area (Å²) in [4.78, 5) is 12.1. The van der Waals surface area contributed by atoms with Crippen LogP contribution in [-0.2, 0) is 9.53 Å². The Kier molecular flexibility index (Phi) is 4.86. The highest BCUT2D eigenvalue weighted by Crippen LogP contribution is 2.27. The van der Waals surface area contributed by atoms with E-state index in [1.807, 2.05) is 50.2 Å². The Balaban J connectivity index is 2.40. The van der Waals surface area contributed by atoms with Gasteiger partial charge in [0.2, 0.25) is 0 Å². The number of nitrogens with one attached hydrogen (secondary N) is 1. The third-order valence-electron chi connectivity index (χ3n) is 3.42. The van der Waals surface area contributed by atoms with Crippen molar-refractivity contribution in [1.29, 1.82) is 0 Å². The van der Waals surface area contributed by atoms with Crippen LogP contribution in [0.1, 0.15) is 22.7 Å². The van der Waals surface area contributed by atoms with Gasteiger partial charge in [0.05, 0.1) is 7.11 Å². The van der Waals surface area contributed by atoms with E-state index in [1.54, 1.807) is 6.07 Å². The second-order valence-electron chi connectivity index (χ2n) is 4.92. The molecule has 1 atom stereocenters. The predicted octanol–water partition coefficient (Wildman–Crippen LogP) is 4.28. The molecular weight excluding hydrogens is 286 g/mol. The van der Waals surface area contributed by atoms with E-state index >= 15 is 0 Å². The molecule has 1 N–H and O–H groups in total. The number of methoxy groups -OCH3 is 1. The molecule has 110 valence electrons. The minimum absolute atomic E-state index is 0.330. The van der Waals surface area contributed by atoms with Crippen LogP contribution in [0.5, 0.6) is 0 Å². The minimum atomic E-state index is -0.562. The highest BCUT2D eigenvalue weighted by molar-refractivity contribution is 6.30. The van der Waals surface area contributed by atoms with Crippen molar-refractivity contribution >= 4 is 23.3 Å². The van der Waals surface area contributed by atoms with Crippen molar-refractivity contribution in [3.63, 3.8) is 0 Å². The second kappa shape index (κ2) is 6.64. The van der Waals surface area contributed by atoms with Crippen LogP contribution < -0.4 is 5.32 Å². The Hall–Kier alpha value is -2.00. The van der Waals surface area contributed by atoms with Crippen LogP contribution in [0.25, 0.3) is 0 Å². The van der Waals surface area contributed by atoms with Gasteiger partial charge in [-0.15, -0.1) is 0 Å². The Morgan fingerprint density at radius 3 is 2.48 bits per heavy atom. The zero-order valence-electron chi connectivity index (χ0n) is 12.3. The summed E-state index contributed by atoms with van der Waals surface area (Å²) in [6.07, 6.45) is 0. The molecule has 0 saturated heterocycles. The molecule has 0 amide bonds. The van der Waals surface area contributed by atoms with Gasteiger partial charge in [0.1, 0.15) is 0 Å². The standard InChI is InChI=1S/C17H18ClNO2/c1-11-6-4-5-7-15(11)19-16(17(20)21-3)14-9-8-13(18)10-12(14)2/h4-10,16,19H,1-3H3. The van der Waals surface area contributed by atoms with Crippen LogP contribution in [0.3, 0.4) is 0 Å². The number of hydrogen-bond donors (Lipinski definition) is 1. The van der Waals surface area contributed by atoms with Gasteiger partial charge in [-0.2, -0.15) is 0 Å². The fourth-order valence-electron chi connectivity index (χ4n) is 2.23. The first kappa shape index (κ1) is 15.4. The lowest BCUT2D eigenvalue weighted by Crippen LogP contribution is -2.23. The highest BCUT2D eigenvalue weighted by atomic mass is 35.5. The molecule has 0 spiro atoms. The molecule has 2 aromatic rings. The van der Waals surface area contributed by atoms with Crippen LogP contribution >= 0.6 is 11.6 Å². The number of esters is 1. The first-order chi connectivity index (χ1) is 10.0. The topological polar surface area (TPSA) is 38.3 Å².